The van der Waals surface area contributed by atoms with Crippen molar-refractivity contribution in [3.05, 3.63) is 72.4 Å². The number of aryl methyl sites for hydroxylation is 1. The van der Waals surface area contributed by atoms with E-state index in [1.165, 1.54) is 54.9 Å². The minimum Gasteiger partial charge on any atom is -0.445 e. The van der Waals surface area contributed by atoms with E-state index < -0.39 is 38.8 Å². The number of halogens is 4. The van der Waals surface area contributed by atoms with Gasteiger partial charge in [0.05, 0.1) is 17.0 Å². The summed E-state index contributed by atoms with van der Waals surface area (Å²) in [6, 6.07) is 12.0. The molecule has 12 heteroatoms. The number of fused-ring (bicyclic) bond motifs is 1. The second kappa shape index (κ2) is 9.91. The number of hydrogen-bond acceptors (Lipinski definition) is 7. The van der Waals surface area contributed by atoms with Gasteiger partial charge >= 0.3 is 6.36 Å². The number of aliphatic hydroxyl groups is 1. The standard InChI is InChI=1S/C27H24F4N2O5S/c1-16(39(35,36)25-13-18-12-19(28)4-8-23(18)37-25)26(10-11-26)24(34)9-5-20-14-22(33-15-32-20)17-2-6-21(7-3-17)38-27(29,30)31/h2-4,6-8,12-16,24,34H,5,9-11H2,1H3. The molecule has 0 amide bonds. The maximum atomic E-state index is 13.5. The molecule has 2 unspecified atom stereocenters. The molecule has 0 radical (unpaired) electrons. The van der Waals surface area contributed by atoms with Gasteiger partial charge in [-0.1, -0.05) is 0 Å². The van der Waals surface area contributed by atoms with Crippen molar-refractivity contribution in [2.45, 2.75) is 55.4 Å². The maximum Gasteiger partial charge on any atom is 0.573 e. The van der Waals surface area contributed by atoms with Crippen molar-refractivity contribution < 1.29 is 40.2 Å². The Bertz CT molecular complexity index is 1600. The summed E-state index contributed by atoms with van der Waals surface area (Å²) in [4.78, 5) is 8.39. The van der Waals surface area contributed by atoms with Gasteiger partial charge in [-0.25, -0.2) is 22.8 Å². The van der Waals surface area contributed by atoms with Crippen LogP contribution < -0.4 is 4.74 Å². The van der Waals surface area contributed by atoms with E-state index in [2.05, 4.69) is 14.7 Å². The summed E-state index contributed by atoms with van der Waals surface area (Å²) in [5.74, 6) is -0.855. The fourth-order valence-corrected chi connectivity index (χ4v) is 6.72. The SMILES string of the molecule is CC(C1(C(O)CCc2cc(-c3ccc(OC(F)(F)F)cc3)ncn2)CC1)S(=O)(=O)c1cc2cc(F)ccc2o1. The molecular weight excluding hydrogens is 540 g/mol. The number of ether oxygens (including phenoxy) is 1. The van der Waals surface area contributed by atoms with Gasteiger partial charge in [0.1, 0.15) is 23.5 Å². The molecule has 206 valence electrons. The highest BCUT2D eigenvalue weighted by Gasteiger charge is 2.57. The smallest absolute Gasteiger partial charge is 0.445 e. The van der Waals surface area contributed by atoms with Crippen molar-refractivity contribution in [3.8, 4) is 17.0 Å². The Morgan fingerprint density at radius 1 is 1.08 bits per heavy atom. The second-order valence-corrected chi connectivity index (χ2v) is 11.9. The Labute approximate surface area is 221 Å². The fourth-order valence-electron chi connectivity index (χ4n) is 4.86. The number of rotatable bonds is 9. The predicted molar refractivity (Wildman–Crippen MR) is 133 cm³/mol. The summed E-state index contributed by atoms with van der Waals surface area (Å²) >= 11 is 0. The van der Waals surface area contributed by atoms with Crippen LogP contribution in [-0.4, -0.2) is 41.2 Å². The summed E-state index contributed by atoms with van der Waals surface area (Å²) in [5.41, 5.74) is 1.02. The molecule has 2 aromatic carbocycles. The second-order valence-electron chi connectivity index (χ2n) is 9.69. The van der Waals surface area contributed by atoms with Crippen molar-refractivity contribution in [1.29, 1.82) is 0 Å². The first-order chi connectivity index (χ1) is 18.4. The van der Waals surface area contributed by atoms with E-state index in [9.17, 15) is 31.1 Å². The molecule has 7 nitrogen and oxygen atoms in total. The van der Waals surface area contributed by atoms with Gasteiger partial charge in [0.15, 0.2) is 0 Å². The first kappa shape index (κ1) is 27.1. The lowest BCUT2D eigenvalue weighted by Gasteiger charge is -2.27. The number of aliphatic hydroxyl groups excluding tert-OH is 1. The van der Waals surface area contributed by atoms with E-state index in [4.69, 9.17) is 4.42 Å². The first-order valence-electron chi connectivity index (χ1n) is 12.2. The predicted octanol–water partition coefficient (Wildman–Crippen LogP) is 5.86. The minimum absolute atomic E-state index is 0.236. The Hall–Kier alpha value is -3.51. The Morgan fingerprint density at radius 2 is 1.79 bits per heavy atom. The van der Waals surface area contributed by atoms with Gasteiger partial charge in [-0.05, 0) is 81.1 Å². The quantitative estimate of drug-likeness (QED) is 0.254. The molecule has 0 bridgehead atoms. The number of alkyl halides is 3. The van der Waals surface area contributed by atoms with Gasteiger partial charge in [-0.3, -0.25) is 0 Å². The molecule has 0 spiro atoms. The van der Waals surface area contributed by atoms with E-state index in [1.54, 1.807) is 13.0 Å². The largest absolute Gasteiger partial charge is 0.573 e. The normalized spacial score (nSPS) is 16.7. The molecule has 1 aliphatic rings. The monoisotopic (exact) mass is 564 g/mol. The molecule has 0 saturated heterocycles. The van der Waals surface area contributed by atoms with Crippen LogP contribution in [0.2, 0.25) is 0 Å². The molecule has 39 heavy (non-hydrogen) atoms. The van der Waals surface area contributed by atoms with Crippen molar-refractivity contribution in [3.63, 3.8) is 0 Å². The lowest BCUT2D eigenvalue weighted by molar-refractivity contribution is -0.274. The zero-order valence-electron chi connectivity index (χ0n) is 20.7. The molecule has 2 aromatic heterocycles. The van der Waals surface area contributed by atoms with E-state index in [-0.39, 0.29) is 22.8 Å². The lowest BCUT2D eigenvalue weighted by Crippen LogP contribution is -2.37. The molecule has 1 saturated carbocycles. The Kier molecular flexibility index (Phi) is 6.88. The van der Waals surface area contributed by atoms with Gasteiger partial charge in [0, 0.05) is 28.1 Å². The first-order valence-corrected chi connectivity index (χ1v) is 13.7. The molecule has 2 heterocycles. The van der Waals surface area contributed by atoms with Gasteiger partial charge in [0.25, 0.3) is 0 Å². The Morgan fingerprint density at radius 3 is 2.46 bits per heavy atom. The number of furan rings is 1. The van der Waals surface area contributed by atoms with Crippen LogP contribution in [0.15, 0.2) is 70.4 Å². The third-order valence-corrected chi connectivity index (χ3v) is 9.45. The highest BCUT2D eigenvalue weighted by atomic mass is 32.2. The zero-order chi connectivity index (χ0) is 28.0. The molecule has 1 N–H and O–H groups in total. The van der Waals surface area contributed by atoms with Crippen molar-refractivity contribution in [2.24, 2.45) is 5.41 Å². The molecular formula is C27H24F4N2O5S. The summed E-state index contributed by atoms with van der Waals surface area (Å²) in [6.07, 6.45) is -2.81. The molecule has 4 aromatic rings. The third-order valence-electron chi connectivity index (χ3n) is 7.28. The molecule has 1 aliphatic carbocycles. The summed E-state index contributed by atoms with van der Waals surface area (Å²) < 4.78 is 86.9. The van der Waals surface area contributed by atoms with Gasteiger partial charge in [-0.15, -0.1) is 13.2 Å². The van der Waals surface area contributed by atoms with Crippen LogP contribution in [0.5, 0.6) is 5.75 Å². The number of sulfone groups is 1. The third kappa shape index (κ3) is 5.62. The molecule has 5 rings (SSSR count). The zero-order valence-corrected chi connectivity index (χ0v) is 21.5. The lowest BCUT2D eigenvalue weighted by atomic mass is 9.91. The maximum absolute atomic E-state index is 13.5. The van der Waals surface area contributed by atoms with Crippen LogP contribution in [0.1, 0.15) is 31.9 Å². The molecule has 2 atom stereocenters. The van der Waals surface area contributed by atoms with Gasteiger partial charge < -0.3 is 14.3 Å². The van der Waals surface area contributed by atoms with Crippen LogP contribution in [0, 0.1) is 11.2 Å². The van der Waals surface area contributed by atoms with Crippen LogP contribution >= 0.6 is 0 Å². The summed E-state index contributed by atoms with van der Waals surface area (Å²) in [5, 5.41) is 10.2. The van der Waals surface area contributed by atoms with E-state index in [1.807, 2.05) is 0 Å². The summed E-state index contributed by atoms with van der Waals surface area (Å²) in [7, 11) is -3.95. The highest BCUT2D eigenvalue weighted by molar-refractivity contribution is 7.92. The van der Waals surface area contributed by atoms with Crippen LogP contribution in [0.25, 0.3) is 22.2 Å². The average molecular weight is 565 g/mol. The average Bonchev–Trinajstić information content (AvgIpc) is 3.59. The fraction of sp³-hybridized carbons (Fsp3) is 0.333. The topological polar surface area (TPSA) is 103 Å². The van der Waals surface area contributed by atoms with Crippen molar-refractivity contribution >= 4 is 20.8 Å². The Balaban J connectivity index is 1.27. The molecule has 1 fully saturated rings. The van der Waals surface area contributed by atoms with Crippen LogP contribution in [0.4, 0.5) is 17.6 Å². The van der Waals surface area contributed by atoms with E-state index >= 15 is 0 Å². The number of aromatic nitrogens is 2. The number of benzene rings is 2. The molecule has 0 aliphatic heterocycles. The van der Waals surface area contributed by atoms with Gasteiger partial charge in [0.2, 0.25) is 14.9 Å². The van der Waals surface area contributed by atoms with Crippen LogP contribution in [0.3, 0.4) is 0 Å². The van der Waals surface area contributed by atoms with E-state index in [0.29, 0.717) is 41.6 Å². The van der Waals surface area contributed by atoms with Crippen molar-refractivity contribution in [1.82, 2.24) is 9.97 Å². The summed E-state index contributed by atoms with van der Waals surface area (Å²) in [6.45, 7) is 1.55. The van der Waals surface area contributed by atoms with Crippen molar-refractivity contribution in [2.75, 3.05) is 0 Å². The van der Waals surface area contributed by atoms with Gasteiger partial charge in [-0.2, -0.15) is 0 Å². The number of hydrogen-bond donors (Lipinski definition) is 1. The van der Waals surface area contributed by atoms with Crippen LogP contribution in [-0.2, 0) is 16.3 Å². The minimum atomic E-state index is -4.79. The van der Waals surface area contributed by atoms with E-state index in [0.717, 1.165) is 0 Å². The number of nitrogens with zero attached hydrogens (tertiary/aromatic N) is 2. The highest BCUT2D eigenvalue weighted by Crippen LogP contribution is 2.56.